The van der Waals surface area contributed by atoms with E-state index in [1.54, 1.807) is 0 Å². The Kier molecular flexibility index (Phi) is 7.36. The number of rotatable bonds is 8. The number of ether oxygens (including phenoxy) is 2. The Labute approximate surface area is 107 Å². The highest BCUT2D eigenvalue weighted by Gasteiger charge is 2.14. The van der Waals surface area contributed by atoms with Gasteiger partial charge < -0.3 is 19.9 Å². The minimum Gasteiger partial charge on any atom is -0.480 e. The van der Waals surface area contributed by atoms with Crippen molar-refractivity contribution in [2.24, 2.45) is 0 Å². The third-order valence-electron chi connectivity index (χ3n) is 2.76. The van der Waals surface area contributed by atoms with Crippen molar-refractivity contribution < 1.29 is 24.2 Å². The smallest absolute Gasteiger partial charge is 0.329 e. The molecule has 1 heterocycles. The minimum absolute atomic E-state index is 0.0388. The van der Waals surface area contributed by atoms with E-state index >= 15 is 0 Å². The molecule has 2 N–H and O–H groups in total. The Morgan fingerprint density at radius 2 is 2.22 bits per heavy atom. The molecule has 1 aliphatic rings. The zero-order valence-corrected chi connectivity index (χ0v) is 10.5. The molecule has 1 unspecified atom stereocenters. The monoisotopic (exact) mass is 259 g/mol. The predicted molar refractivity (Wildman–Crippen MR) is 64.3 cm³/mol. The van der Waals surface area contributed by atoms with Crippen LogP contribution < -0.4 is 5.32 Å². The van der Waals surface area contributed by atoms with Crippen LogP contribution in [-0.4, -0.2) is 49.5 Å². The number of nitrogens with one attached hydrogen (secondary N) is 1. The quantitative estimate of drug-likeness (QED) is 0.622. The van der Waals surface area contributed by atoms with Crippen molar-refractivity contribution in [1.29, 1.82) is 0 Å². The topological polar surface area (TPSA) is 84.9 Å². The number of amides is 1. The molecule has 6 heteroatoms. The van der Waals surface area contributed by atoms with Crippen LogP contribution in [0.15, 0.2) is 0 Å². The van der Waals surface area contributed by atoms with Crippen molar-refractivity contribution in [3.63, 3.8) is 0 Å². The molecule has 1 aliphatic heterocycles. The highest BCUT2D eigenvalue weighted by molar-refractivity contribution is 5.75. The Morgan fingerprint density at radius 3 is 2.89 bits per heavy atom. The van der Waals surface area contributed by atoms with E-state index in [4.69, 9.17) is 14.6 Å². The zero-order valence-electron chi connectivity index (χ0n) is 10.5. The van der Waals surface area contributed by atoms with Gasteiger partial charge in [0.15, 0.2) is 0 Å². The van der Waals surface area contributed by atoms with Crippen LogP contribution in [0.25, 0.3) is 0 Å². The van der Waals surface area contributed by atoms with Gasteiger partial charge in [-0.1, -0.05) is 0 Å². The Balaban J connectivity index is 1.94. The first-order valence-corrected chi connectivity index (χ1v) is 6.36. The highest BCUT2D eigenvalue weighted by atomic mass is 16.5. The second-order valence-electron chi connectivity index (χ2n) is 4.32. The second kappa shape index (κ2) is 8.88. The lowest BCUT2D eigenvalue weighted by atomic mass is 10.0. The Hall–Kier alpha value is -1.14. The first kappa shape index (κ1) is 14.9. The van der Waals surface area contributed by atoms with Crippen LogP contribution in [0.1, 0.15) is 32.1 Å². The molecule has 0 spiro atoms. The van der Waals surface area contributed by atoms with E-state index in [1.807, 2.05) is 0 Å². The number of carboxylic acids is 1. The van der Waals surface area contributed by atoms with Crippen LogP contribution in [0.5, 0.6) is 0 Å². The van der Waals surface area contributed by atoms with Gasteiger partial charge in [-0.25, -0.2) is 4.79 Å². The van der Waals surface area contributed by atoms with Crippen molar-refractivity contribution >= 4 is 11.9 Å². The molecule has 1 amide bonds. The summed E-state index contributed by atoms with van der Waals surface area (Å²) in [6.45, 7) is 1.04. The fraction of sp³-hybridized carbons (Fsp3) is 0.833. The van der Waals surface area contributed by atoms with Crippen molar-refractivity contribution in [1.82, 2.24) is 5.32 Å². The second-order valence-corrected chi connectivity index (χ2v) is 4.32. The van der Waals surface area contributed by atoms with E-state index < -0.39 is 5.97 Å². The lowest BCUT2D eigenvalue weighted by Gasteiger charge is -2.22. The maximum Gasteiger partial charge on any atom is 0.329 e. The molecule has 1 fully saturated rings. The summed E-state index contributed by atoms with van der Waals surface area (Å²) in [5, 5.41) is 11.0. The van der Waals surface area contributed by atoms with Gasteiger partial charge in [0.25, 0.3) is 0 Å². The number of hydrogen-bond donors (Lipinski definition) is 2. The molecule has 18 heavy (non-hydrogen) atoms. The molecule has 0 aromatic carbocycles. The molecule has 104 valence electrons. The first-order chi connectivity index (χ1) is 8.68. The summed E-state index contributed by atoms with van der Waals surface area (Å²) in [5.41, 5.74) is 0. The number of aliphatic carboxylic acids is 1. The lowest BCUT2D eigenvalue weighted by molar-refractivity contribution is -0.142. The molecule has 0 aliphatic carbocycles. The fourth-order valence-electron chi connectivity index (χ4n) is 1.84. The molecule has 0 saturated carbocycles. The van der Waals surface area contributed by atoms with Gasteiger partial charge in [0.05, 0.1) is 12.7 Å². The third-order valence-corrected chi connectivity index (χ3v) is 2.76. The number of hydrogen-bond acceptors (Lipinski definition) is 4. The van der Waals surface area contributed by atoms with Gasteiger partial charge in [-0.05, 0) is 25.7 Å². The molecular formula is C12H21NO5. The van der Waals surface area contributed by atoms with Gasteiger partial charge in [-0.2, -0.15) is 0 Å². The normalized spacial score (nSPS) is 19.4. The molecule has 1 atom stereocenters. The maximum atomic E-state index is 11.4. The summed E-state index contributed by atoms with van der Waals surface area (Å²) < 4.78 is 10.3. The molecule has 0 radical (unpaired) electrons. The predicted octanol–water partition coefficient (Wildman–Crippen LogP) is 0.553. The summed E-state index contributed by atoms with van der Waals surface area (Å²) in [6.07, 6.45) is 4.74. The van der Waals surface area contributed by atoms with Gasteiger partial charge in [-0.3, -0.25) is 4.79 Å². The fourth-order valence-corrected chi connectivity index (χ4v) is 1.84. The zero-order chi connectivity index (χ0) is 13.2. The van der Waals surface area contributed by atoms with E-state index in [9.17, 15) is 9.59 Å². The molecular weight excluding hydrogens is 238 g/mol. The SMILES string of the molecule is O=C(O)COCCNC(=O)CCC1CCCCO1. The average Bonchev–Trinajstić information content (AvgIpc) is 2.37. The standard InChI is InChI=1S/C12H21NO5/c14-11(13-6-8-17-9-12(15)16)5-4-10-3-1-2-7-18-10/h10H,1-9H2,(H,13,14)(H,15,16). The van der Waals surface area contributed by atoms with Crippen LogP contribution in [0.2, 0.25) is 0 Å². The molecule has 0 aromatic heterocycles. The summed E-state index contributed by atoms with van der Waals surface area (Å²) in [5.74, 6) is -1.04. The van der Waals surface area contributed by atoms with E-state index in [2.05, 4.69) is 5.32 Å². The molecule has 6 nitrogen and oxygen atoms in total. The van der Waals surface area contributed by atoms with Crippen LogP contribution in [-0.2, 0) is 19.1 Å². The number of carbonyl (C=O) groups excluding carboxylic acids is 1. The van der Waals surface area contributed by atoms with Gasteiger partial charge in [0, 0.05) is 19.6 Å². The first-order valence-electron chi connectivity index (χ1n) is 6.36. The van der Waals surface area contributed by atoms with Crippen LogP contribution in [0.3, 0.4) is 0 Å². The summed E-state index contributed by atoms with van der Waals surface area (Å²) >= 11 is 0. The van der Waals surface area contributed by atoms with Crippen LogP contribution >= 0.6 is 0 Å². The highest BCUT2D eigenvalue weighted by Crippen LogP contribution is 2.16. The van der Waals surface area contributed by atoms with Crippen molar-refractivity contribution in [2.75, 3.05) is 26.4 Å². The molecule has 0 aromatic rings. The van der Waals surface area contributed by atoms with E-state index in [0.29, 0.717) is 13.0 Å². The minimum atomic E-state index is -1.00. The summed E-state index contributed by atoms with van der Waals surface area (Å²) in [6, 6.07) is 0. The lowest BCUT2D eigenvalue weighted by Crippen LogP contribution is -2.29. The van der Waals surface area contributed by atoms with E-state index in [-0.39, 0.29) is 25.2 Å². The van der Waals surface area contributed by atoms with Crippen LogP contribution in [0.4, 0.5) is 0 Å². The third kappa shape index (κ3) is 7.24. The van der Waals surface area contributed by atoms with Gasteiger partial charge >= 0.3 is 5.97 Å². The van der Waals surface area contributed by atoms with E-state index in [1.165, 1.54) is 6.42 Å². The number of carboxylic acid groups (broad SMARTS) is 1. The average molecular weight is 259 g/mol. The van der Waals surface area contributed by atoms with E-state index in [0.717, 1.165) is 25.9 Å². The molecule has 1 rings (SSSR count). The van der Waals surface area contributed by atoms with Gasteiger partial charge in [0.1, 0.15) is 6.61 Å². The Bertz CT molecular complexity index is 263. The van der Waals surface area contributed by atoms with Crippen molar-refractivity contribution in [3.05, 3.63) is 0 Å². The van der Waals surface area contributed by atoms with Crippen LogP contribution in [0, 0.1) is 0 Å². The Morgan fingerprint density at radius 1 is 1.39 bits per heavy atom. The van der Waals surface area contributed by atoms with Crippen molar-refractivity contribution in [2.45, 2.75) is 38.2 Å². The molecule has 0 bridgehead atoms. The van der Waals surface area contributed by atoms with Gasteiger partial charge in [-0.15, -0.1) is 0 Å². The largest absolute Gasteiger partial charge is 0.480 e. The summed E-state index contributed by atoms with van der Waals surface area (Å²) in [4.78, 5) is 21.6. The number of carbonyl (C=O) groups is 2. The summed E-state index contributed by atoms with van der Waals surface area (Å²) in [7, 11) is 0. The molecule has 1 saturated heterocycles. The van der Waals surface area contributed by atoms with Crippen molar-refractivity contribution in [3.8, 4) is 0 Å². The van der Waals surface area contributed by atoms with Gasteiger partial charge in [0.2, 0.25) is 5.91 Å². The maximum absolute atomic E-state index is 11.4.